The minimum atomic E-state index is -0.0163. The lowest BCUT2D eigenvalue weighted by molar-refractivity contribution is -0.127. The molecular formula is C14H27NO3. The second-order valence-electron chi connectivity index (χ2n) is 5.36. The van der Waals surface area contributed by atoms with Gasteiger partial charge in [-0.25, -0.2) is 0 Å². The SMILES string of the molecule is CC1OC(C)C(C(=O)NCCCCCCO)C1C. The fraction of sp³-hybridized carbons (Fsp3) is 0.929. The lowest BCUT2D eigenvalue weighted by Crippen LogP contribution is -2.37. The molecule has 2 N–H and O–H groups in total. The number of carbonyl (C=O) groups excluding carboxylic acids is 1. The second-order valence-corrected chi connectivity index (χ2v) is 5.36. The van der Waals surface area contributed by atoms with Crippen molar-refractivity contribution in [2.45, 2.75) is 58.7 Å². The molecule has 1 heterocycles. The van der Waals surface area contributed by atoms with Gasteiger partial charge in [-0.1, -0.05) is 19.8 Å². The highest BCUT2D eigenvalue weighted by atomic mass is 16.5. The first-order chi connectivity index (χ1) is 8.57. The van der Waals surface area contributed by atoms with Crippen molar-refractivity contribution in [3.63, 3.8) is 0 Å². The van der Waals surface area contributed by atoms with Gasteiger partial charge in [0.05, 0.1) is 18.1 Å². The molecule has 0 aromatic heterocycles. The zero-order chi connectivity index (χ0) is 13.5. The van der Waals surface area contributed by atoms with Crippen molar-refractivity contribution < 1.29 is 14.6 Å². The average Bonchev–Trinajstić information content (AvgIpc) is 2.58. The normalized spacial score (nSPS) is 31.6. The van der Waals surface area contributed by atoms with Crippen molar-refractivity contribution in [3.05, 3.63) is 0 Å². The van der Waals surface area contributed by atoms with Crippen LogP contribution in [0.3, 0.4) is 0 Å². The molecular weight excluding hydrogens is 230 g/mol. The van der Waals surface area contributed by atoms with E-state index in [1.165, 1.54) is 0 Å². The largest absolute Gasteiger partial charge is 0.396 e. The topological polar surface area (TPSA) is 58.6 Å². The minimum absolute atomic E-state index is 0.0163. The quantitative estimate of drug-likeness (QED) is 0.683. The van der Waals surface area contributed by atoms with Crippen LogP contribution in [0.5, 0.6) is 0 Å². The molecule has 1 saturated heterocycles. The number of aliphatic hydroxyl groups excluding tert-OH is 1. The van der Waals surface area contributed by atoms with Crippen LogP contribution in [0.15, 0.2) is 0 Å². The van der Waals surface area contributed by atoms with Gasteiger partial charge in [-0.15, -0.1) is 0 Å². The number of ether oxygens (including phenoxy) is 1. The lowest BCUT2D eigenvalue weighted by Gasteiger charge is -2.17. The van der Waals surface area contributed by atoms with Gasteiger partial charge in [0.25, 0.3) is 0 Å². The van der Waals surface area contributed by atoms with Gasteiger partial charge in [-0.2, -0.15) is 0 Å². The highest BCUT2D eigenvalue weighted by Crippen LogP contribution is 2.32. The van der Waals surface area contributed by atoms with E-state index < -0.39 is 0 Å². The molecule has 4 unspecified atom stereocenters. The van der Waals surface area contributed by atoms with Crippen LogP contribution in [0.2, 0.25) is 0 Å². The monoisotopic (exact) mass is 257 g/mol. The third-order valence-corrected chi connectivity index (χ3v) is 3.93. The van der Waals surface area contributed by atoms with E-state index >= 15 is 0 Å². The van der Waals surface area contributed by atoms with Gasteiger partial charge in [0, 0.05) is 13.2 Å². The molecule has 1 fully saturated rings. The van der Waals surface area contributed by atoms with E-state index in [-0.39, 0.29) is 36.6 Å². The molecule has 4 atom stereocenters. The van der Waals surface area contributed by atoms with E-state index in [0.717, 1.165) is 32.2 Å². The first-order valence-corrected chi connectivity index (χ1v) is 7.12. The molecule has 1 rings (SSSR count). The summed E-state index contributed by atoms with van der Waals surface area (Å²) < 4.78 is 5.68. The molecule has 106 valence electrons. The van der Waals surface area contributed by atoms with Gasteiger partial charge >= 0.3 is 0 Å². The summed E-state index contributed by atoms with van der Waals surface area (Å²) in [7, 11) is 0. The Labute approximate surface area is 110 Å². The molecule has 1 aliphatic heterocycles. The number of hydrogen-bond acceptors (Lipinski definition) is 3. The van der Waals surface area contributed by atoms with Gasteiger partial charge in [0.15, 0.2) is 0 Å². The molecule has 1 aliphatic rings. The zero-order valence-electron chi connectivity index (χ0n) is 11.8. The Hall–Kier alpha value is -0.610. The predicted octanol–water partition coefficient (Wildman–Crippen LogP) is 1.71. The fourth-order valence-corrected chi connectivity index (χ4v) is 2.64. The summed E-state index contributed by atoms with van der Waals surface area (Å²) >= 11 is 0. The summed E-state index contributed by atoms with van der Waals surface area (Å²) in [5, 5.41) is 11.7. The second kappa shape index (κ2) is 7.74. The van der Waals surface area contributed by atoms with Crippen LogP contribution in [0.25, 0.3) is 0 Å². The van der Waals surface area contributed by atoms with Crippen LogP contribution in [-0.4, -0.2) is 36.4 Å². The van der Waals surface area contributed by atoms with Crippen molar-refractivity contribution in [3.8, 4) is 0 Å². The first-order valence-electron chi connectivity index (χ1n) is 7.12. The molecule has 1 amide bonds. The van der Waals surface area contributed by atoms with Gasteiger partial charge in [-0.05, 0) is 32.6 Å². The van der Waals surface area contributed by atoms with E-state index in [1.54, 1.807) is 0 Å². The Morgan fingerprint density at radius 1 is 1.11 bits per heavy atom. The molecule has 0 saturated carbocycles. The predicted molar refractivity (Wildman–Crippen MR) is 71.2 cm³/mol. The average molecular weight is 257 g/mol. The maximum absolute atomic E-state index is 12.1. The third-order valence-electron chi connectivity index (χ3n) is 3.93. The number of hydrogen-bond donors (Lipinski definition) is 2. The zero-order valence-corrected chi connectivity index (χ0v) is 11.8. The molecule has 0 radical (unpaired) electrons. The van der Waals surface area contributed by atoms with E-state index in [4.69, 9.17) is 9.84 Å². The van der Waals surface area contributed by atoms with Crippen LogP contribution < -0.4 is 5.32 Å². The third kappa shape index (κ3) is 4.25. The van der Waals surface area contributed by atoms with Crippen molar-refractivity contribution in [2.24, 2.45) is 11.8 Å². The minimum Gasteiger partial charge on any atom is -0.396 e. The fourth-order valence-electron chi connectivity index (χ4n) is 2.64. The van der Waals surface area contributed by atoms with Crippen molar-refractivity contribution >= 4 is 5.91 Å². The van der Waals surface area contributed by atoms with E-state index in [0.29, 0.717) is 0 Å². The molecule has 18 heavy (non-hydrogen) atoms. The summed E-state index contributed by atoms with van der Waals surface area (Å²) in [6.45, 7) is 7.09. The summed E-state index contributed by atoms with van der Waals surface area (Å²) in [6, 6.07) is 0. The maximum Gasteiger partial charge on any atom is 0.226 e. The van der Waals surface area contributed by atoms with Crippen molar-refractivity contribution in [2.75, 3.05) is 13.2 Å². The Kier molecular flexibility index (Phi) is 6.65. The highest BCUT2D eigenvalue weighted by molar-refractivity contribution is 5.79. The molecule has 0 spiro atoms. The molecule has 0 aromatic carbocycles. The van der Waals surface area contributed by atoms with Crippen LogP contribution in [0.1, 0.15) is 46.5 Å². The molecule has 0 bridgehead atoms. The van der Waals surface area contributed by atoms with E-state index in [2.05, 4.69) is 12.2 Å². The van der Waals surface area contributed by atoms with Crippen molar-refractivity contribution in [1.82, 2.24) is 5.32 Å². The Balaban J connectivity index is 2.20. The molecule has 4 heteroatoms. The summed E-state index contributed by atoms with van der Waals surface area (Å²) in [5.74, 6) is 0.397. The van der Waals surface area contributed by atoms with Crippen molar-refractivity contribution in [1.29, 1.82) is 0 Å². The number of rotatable bonds is 7. The maximum atomic E-state index is 12.1. The molecule has 4 nitrogen and oxygen atoms in total. The summed E-state index contributed by atoms with van der Waals surface area (Å²) in [5.41, 5.74) is 0. The van der Waals surface area contributed by atoms with Crippen LogP contribution >= 0.6 is 0 Å². The number of aliphatic hydroxyl groups is 1. The van der Waals surface area contributed by atoms with E-state index in [1.807, 2.05) is 13.8 Å². The van der Waals surface area contributed by atoms with Crippen LogP contribution in [-0.2, 0) is 9.53 Å². The van der Waals surface area contributed by atoms with Gasteiger partial charge in [0.1, 0.15) is 0 Å². The van der Waals surface area contributed by atoms with Gasteiger partial charge in [-0.3, -0.25) is 4.79 Å². The number of unbranched alkanes of at least 4 members (excludes halogenated alkanes) is 3. The molecule has 0 aliphatic carbocycles. The first kappa shape index (κ1) is 15.4. The van der Waals surface area contributed by atoms with Gasteiger partial charge < -0.3 is 15.2 Å². The molecule has 0 aromatic rings. The Morgan fingerprint density at radius 3 is 2.33 bits per heavy atom. The standard InChI is InChI=1S/C14H27NO3/c1-10-11(2)18-12(3)13(10)14(17)15-8-6-4-5-7-9-16/h10-13,16H,4-9H2,1-3H3,(H,15,17). The Bertz CT molecular complexity index is 257. The highest BCUT2D eigenvalue weighted by Gasteiger charge is 2.41. The van der Waals surface area contributed by atoms with Crippen LogP contribution in [0, 0.1) is 11.8 Å². The number of nitrogens with one attached hydrogen (secondary N) is 1. The smallest absolute Gasteiger partial charge is 0.226 e. The summed E-state index contributed by atoms with van der Waals surface area (Å²) in [6.07, 6.45) is 4.12. The lowest BCUT2D eigenvalue weighted by atomic mass is 9.89. The van der Waals surface area contributed by atoms with Gasteiger partial charge in [0.2, 0.25) is 5.91 Å². The Morgan fingerprint density at radius 2 is 1.78 bits per heavy atom. The van der Waals surface area contributed by atoms with E-state index in [9.17, 15) is 4.79 Å². The van der Waals surface area contributed by atoms with Crippen LogP contribution in [0.4, 0.5) is 0 Å². The summed E-state index contributed by atoms with van der Waals surface area (Å²) in [4.78, 5) is 12.1. The number of carbonyl (C=O) groups is 1. The number of amides is 1.